The van der Waals surface area contributed by atoms with Crippen molar-refractivity contribution >= 4 is 18.3 Å². The highest BCUT2D eigenvalue weighted by Crippen LogP contribution is 2.24. The summed E-state index contributed by atoms with van der Waals surface area (Å²) in [4.78, 5) is 14.8. The molecule has 0 aliphatic carbocycles. The summed E-state index contributed by atoms with van der Waals surface area (Å²) in [5.74, 6) is 0.696. The van der Waals surface area contributed by atoms with E-state index in [0.29, 0.717) is 5.75 Å². The van der Waals surface area contributed by atoms with Crippen molar-refractivity contribution in [3.05, 3.63) is 66.2 Å². The number of halogens is 1. The molecule has 2 unspecified atom stereocenters. The Kier molecular flexibility index (Phi) is 6.64. The van der Waals surface area contributed by atoms with Crippen LogP contribution in [0.3, 0.4) is 0 Å². The SMILES string of the molecule is CN(C(=O)C(Oc1ccccc1)c1ccccc1)C1CCNC1.Cl. The Bertz CT molecular complexity index is 630. The maximum Gasteiger partial charge on any atom is 0.268 e. The highest BCUT2D eigenvalue weighted by Gasteiger charge is 2.31. The van der Waals surface area contributed by atoms with Gasteiger partial charge in [-0.05, 0) is 25.1 Å². The second-order valence-electron chi connectivity index (χ2n) is 5.82. The van der Waals surface area contributed by atoms with Gasteiger partial charge in [-0.25, -0.2) is 0 Å². The first-order chi connectivity index (χ1) is 11.3. The molecule has 0 spiro atoms. The zero-order chi connectivity index (χ0) is 16.1. The fourth-order valence-electron chi connectivity index (χ4n) is 2.86. The molecule has 1 aliphatic heterocycles. The summed E-state index contributed by atoms with van der Waals surface area (Å²) in [7, 11) is 1.87. The van der Waals surface area contributed by atoms with Crippen LogP contribution in [0.25, 0.3) is 0 Å². The van der Waals surface area contributed by atoms with E-state index in [1.54, 1.807) is 0 Å². The van der Waals surface area contributed by atoms with Gasteiger partial charge in [0.25, 0.3) is 5.91 Å². The van der Waals surface area contributed by atoms with Gasteiger partial charge >= 0.3 is 0 Å². The van der Waals surface area contributed by atoms with Gasteiger partial charge < -0.3 is 15.0 Å². The average molecular weight is 347 g/mol. The van der Waals surface area contributed by atoms with Gasteiger partial charge in [0.1, 0.15) is 5.75 Å². The van der Waals surface area contributed by atoms with Gasteiger partial charge in [-0.2, -0.15) is 0 Å². The number of nitrogens with zero attached hydrogens (tertiary/aromatic N) is 1. The molecule has 5 heteroatoms. The van der Waals surface area contributed by atoms with Crippen LogP contribution in [0.1, 0.15) is 18.1 Å². The largest absolute Gasteiger partial charge is 0.476 e. The van der Waals surface area contributed by atoms with Gasteiger partial charge in [-0.15, -0.1) is 12.4 Å². The Morgan fingerprint density at radius 1 is 1.12 bits per heavy atom. The van der Waals surface area contributed by atoms with E-state index in [-0.39, 0.29) is 24.4 Å². The normalized spacial score (nSPS) is 17.6. The molecule has 4 nitrogen and oxygen atoms in total. The average Bonchev–Trinajstić information content (AvgIpc) is 3.15. The molecule has 0 aromatic heterocycles. The molecule has 3 rings (SSSR count). The standard InChI is InChI=1S/C19H22N2O2.ClH/c1-21(16-12-13-20-14-16)19(22)18(15-8-4-2-5-9-15)23-17-10-6-3-7-11-17;/h2-11,16,18,20H,12-14H2,1H3;1H. The predicted octanol–water partition coefficient (Wildman–Crippen LogP) is 3.05. The third kappa shape index (κ3) is 4.28. The molecular weight excluding hydrogens is 324 g/mol. The molecule has 1 fully saturated rings. The van der Waals surface area contributed by atoms with E-state index in [2.05, 4.69) is 5.32 Å². The fraction of sp³-hybridized carbons (Fsp3) is 0.316. The first kappa shape index (κ1) is 18.3. The summed E-state index contributed by atoms with van der Waals surface area (Å²) >= 11 is 0. The van der Waals surface area contributed by atoms with Gasteiger partial charge in [0.2, 0.25) is 6.10 Å². The van der Waals surface area contributed by atoms with Gasteiger partial charge in [-0.3, -0.25) is 4.79 Å². The van der Waals surface area contributed by atoms with Gasteiger partial charge in [0, 0.05) is 25.2 Å². The van der Waals surface area contributed by atoms with E-state index in [4.69, 9.17) is 4.74 Å². The summed E-state index contributed by atoms with van der Waals surface area (Å²) in [5, 5.41) is 3.30. The minimum Gasteiger partial charge on any atom is -0.476 e. The van der Waals surface area contributed by atoms with Crippen molar-refractivity contribution in [2.45, 2.75) is 18.6 Å². The summed E-state index contributed by atoms with van der Waals surface area (Å²) in [6.07, 6.45) is 0.360. The van der Waals surface area contributed by atoms with E-state index < -0.39 is 6.10 Å². The topological polar surface area (TPSA) is 41.6 Å². The summed E-state index contributed by atoms with van der Waals surface area (Å²) < 4.78 is 6.03. The van der Waals surface area contributed by atoms with Crippen LogP contribution in [0, 0.1) is 0 Å². The molecule has 1 N–H and O–H groups in total. The molecule has 1 aliphatic rings. The number of hydrogen-bond donors (Lipinski definition) is 1. The Balaban J connectivity index is 0.00000208. The monoisotopic (exact) mass is 346 g/mol. The number of hydrogen-bond acceptors (Lipinski definition) is 3. The number of carbonyl (C=O) groups is 1. The van der Waals surface area contributed by atoms with E-state index in [9.17, 15) is 4.79 Å². The van der Waals surface area contributed by atoms with Crippen molar-refractivity contribution in [3.63, 3.8) is 0 Å². The quantitative estimate of drug-likeness (QED) is 0.904. The first-order valence-electron chi connectivity index (χ1n) is 8.00. The number of carbonyl (C=O) groups excluding carboxylic acids is 1. The van der Waals surface area contributed by atoms with Crippen LogP contribution in [0.4, 0.5) is 0 Å². The molecule has 1 saturated heterocycles. The van der Waals surface area contributed by atoms with Crippen molar-refractivity contribution in [1.29, 1.82) is 0 Å². The lowest BCUT2D eigenvalue weighted by atomic mass is 10.1. The summed E-state index contributed by atoms with van der Waals surface area (Å²) in [6.45, 7) is 1.80. The van der Waals surface area contributed by atoms with Crippen molar-refractivity contribution in [1.82, 2.24) is 10.2 Å². The Morgan fingerprint density at radius 3 is 2.33 bits per heavy atom. The second kappa shape index (κ2) is 8.71. The van der Waals surface area contributed by atoms with Crippen molar-refractivity contribution in [3.8, 4) is 5.75 Å². The van der Waals surface area contributed by atoms with Crippen molar-refractivity contribution in [2.24, 2.45) is 0 Å². The number of benzene rings is 2. The van der Waals surface area contributed by atoms with Crippen molar-refractivity contribution in [2.75, 3.05) is 20.1 Å². The lowest BCUT2D eigenvalue weighted by Crippen LogP contribution is -2.42. The fourth-order valence-corrected chi connectivity index (χ4v) is 2.86. The third-order valence-electron chi connectivity index (χ3n) is 4.25. The molecule has 2 atom stereocenters. The Labute approximate surface area is 149 Å². The summed E-state index contributed by atoms with van der Waals surface area (Å²) in [5.41, 5.74) is 0.874. The lowest BCUT2D eigenvalue weighted by Gasteiger charge is -2.29. The Hall–Kier alpha value is -2.04. The van der Waals surface area contributed by atoms with Crippen LogP contribution >= 0.6 is 12.4 Å². The van der Waals surface area contributed by atoms with E-state index >= 15 is 0 Å². The van der Waals surface area contributed by atoms with E-state index in [1.807, 2.05) is 72.6 Å². The molecule has 0 radical (unpaired) electrons. The number of nitrogens with one attached hydrogen (secondary N) is 1. The molecule has 24 heavy (non-hydrogen) atoms. The molecule has 2 aromatic rings. The zero-order valence-electron chi connectivity index (χ0n) is 13.7. The highest BCUT2D eigenvalue weighted by molar-refractivity contribution is 5.85. The number of rotatable bonds is 5. The number of ether oxygens (including phenoxy) is 1. The van der Waals surface area contributed by atoms with Crippen molar-refractivity contribution < 1.29 is 9.53 Å². The smallest absolute Gasteiger partial charge is 0.268 e. The minimum absolute atomic E-state index is 0. The van der Waals surface area contributed by atoms with E-state index in [0.717, 1.165) is 25.1 Å². The molecule has 128 valence electrons. The van der Waals surface area contributed by atoms with Crippen LogP contribution in [0.5, 0.6) is 5.75 Å². The lowest BCUT2D eigenvalue weighted by molar-refractivity contribution is -0.139. The first-order valence-corrected chi connectivity index (χ1v) is 8.00. The highest BCUT2D eigenvalue weighted by atomic mass is 35.5. The minimum atomic E-state index is -0.621. The van der Waals surface area contributed by atoms with Crippen LogP contribution in [-0.2, 0) is 4.79 Å². The van der Waals surface area contributed by atoms with Gasteiger partial charge in [0.05, 0.1) is 0 Å². The van der Waals surface area contributed by atoms with E-state index in [1.165, 1.54) is 0 Å². The molecule has 0 saturated carbocycles. The number of amides is 1. The maximum atomic E-state index is 13.0. The van der Waals surface area contributed by atoms with Gasteiger partial charge in [0.15, 0.2) is 0 Å². The maximum absolute atomic E-state index is 13.0. The Morgan fingerprint density at radius 2 is 1.75 bits per heavy atom. The second-order valence-corrected chi connectivity index (χ2v) is 5.82. The van der Waals surface area contributed by atoms with Crippen LogP contribution < -0.4 is 10.1 Å². The molecule has 0 bridgehead atoms. The molecule has 1 heterocycles. The van der Waals surface area contributed by atoms with Crippen LogP contribution in [0.2, 0.25) is 0 Å². The molecular formula is C19H23ClN2O2. The van der Waals surface area contributed by atoms with Crippen LogP contribution in [-0.4, -0.2) is 37.0 Å². The third-order valence-corrected chi connectivity index (χ3v) is 4.25. The molecule has 1 amide bonds. The molecule has 2 aromatic carbocycles. The number of para-hydroxylation sites is 1. The number of likely N-dealkylation sites (N-methyl/N-ethyl adjacent to an activating group) is 1. The zero-order valence-corrected chi connectivity index (χ0v) is 14.5. The summed E-state index contributed by atoms with van der Waals surface area (Å²) in [6, 6.07) is 19.4. The van der Waals surface area contributed by atoms with Crippen LogP contribution in [0.15, 0.2) is 60.7 Å². The van der Waals surface area contributed by atoms with Gasteiger partial charge in [-0.1, -0.05) is 48.5 Å². The predicted molar refractivity (Wildman–Crippen MR) is 97.5 cm³/mol.